The molecule has 3 aliphatic rings. The third-order valence-electron chi connectivity index (χ3n) is 7.70. The van der Waals surface area contributed by atoms with Gasteiger partial charge in [0.15, 0.2) is 0 Å². The van der Waals surface area contributed by atoms with E-state index < -0.39 is 18.2 Å². The SMILES string of the molecule is Cc1nc(NCC2CC2)nc(NC2CC(CN3CCOCC3=O)C(O)C2O)c1-c1nc2c(C)nccc2s1. The number of ether oxygens (including phenoxy) is 1. The van der Waals surface area contributed by atoms with E-state index in [1.807, 2.05) is 19.9 Å². The lowest BCUT2D eigenvalue weighted by Gasteiger charge is -2.30. The molecule has 0 radical (unpaired) electrons. The number of hydrogen-bond donors (Lipinski definition) is 4. The summed E-state index contributed by atoms with van der Waals surface area (Å²) in [6.45, 7) is 6.12. The summed E-state index contributed by atoms with van der Waals surface area (Å²) in [5.74, 6) is 1.41. The molecule has 0 bridgehead atoms. The van der Waals surface area contributed by atoms with Gasteiger partial charge in [-0.15, -0.1) is 11.3 Å². The van der Waals surface area contributed by atoms with E-state index in [4.69, 9.17) is 19.7 Å². The molecule has 1 aliphatic heterocycles. The molecule has 3 fully saturated rings. The average molecular weight is 540 g/mol. The molecule has 4 atom stereocenters. The molecule has 3 aromatic heterocycles. The van der Waals surface area contributed by atoms with Crippen LogP contribution in [0.2, 0.25) is 0 Å². The van der Waals surface area contributed by atoms with Crippen LogP contribution in [0.15, 0.2) is 12.3 Å². The van der Waals surface area contributed by atoms with E-state index in [0.717, 1.165) is 38.7 Å². The smallest absolute Gasteiger partial charge is 0.248 e. The zero-order valence-corrected chi connectivity index (χ0v) is 22.4. The van der Waals surface area contributed by atoms with Gasteiger partial charge in [-0.2, -0.15) is 4.98 Å². The number of pyridine rings is 1. The molecule has 0 spiro atoms. The summed E-state index contributed by atoms with van der Waals surface area (Å²) in [5, 5.41) is 29.4. The summed E-state index contributed by atoms with van der Waals surface area (Å²) in [6, 6.07) is 1.50. The van der Waals surface area contributed by atoms with Crippen molar-refractivity contribution < 1.29 is 19.7 Å². The Hall–Kier alpha value is -2.93. The van der Waals surface area contributed by atoms with Crippen LogP contribution in [0, 0.1) is 25.7 Å². The fraction of sp³-hybridized carbons (Fsp3) is 0.577. The predicted octanol–water partition coefficient (Wildman–Crippen LogP) is 1.97. The Labute approximate surface area is 224 Å². The fourth-order valence-corrected chi connectivity index (χ4v) is 6.42. The summed E-state index contributed by atoms with van der Waals surface area (Å²) >= 11 is 1.55. The zero-order chi connectivity index (χ0) is 26.4. The topological polar surface area (TPSA) is 146 Å². The number of fused-ring (bicyclic) bond motifs is 1. The zero-order valence-electron chi connectivity index (χ0n) is 21.6. The van der Waals surface area contributed by atoms with Crippen LogP contribution < -0.4 is 10.6 Å². The lowest BCUT2D eigenvalue weighted by atomic mass is 10.0. The van der Waals surface area contributed by atoms with Crippen molar-refractivity contribution in [3.05, 3.63) is 23.7 Å². The number of anilines is 2. The molecular formula is C26H33N7O4S. The van der Waals surface area contributed by atoms with Crippen molar-refractivity contribution in [2.75, 3.05) is 43.5 Å². The van der Waals surface area contributed by atoms with E-state index in [2.05, 4.69) is 15.6 Å². The lowest BCUT2D eigenvalue weighted by molar-refractivity contribution is -0.144. The number of aliphatic hydroxyl groups is 2. The molecule has 2 aliphatic carbocycles. The third kappa shape index (κ3) is 5.05. The summed E-state index contributed by atoms with van der Waals surface area (Å²) < 4.78 is 6.25. The largest absolute Gasteiger partial charge is 0.390 e. The first-order valence-electron chi connectivity index (χ1n) is 13.2. The van der Waals surface area contributed by atoms with Crippen molar-refractivity contribution >= 4 is 39.2 Å². The maximum absolute atomic E-state index is 12.2. The molecule has 2 saturated carbocycles. The number of amides is 1. The van der Waals surface area contributed by atoms with E-state index in [9.17, 15) is 15.0 Å². The minimum atomic E-state index is -1.01. The maximum atomic E-state index is 12.2. The molecule has 0 aromatic carbocycles. The molecule has 1 amide bonds. The monoisotopic (exact) mass is 539 g/mol. The minimum Gasteiger partial charge on any atom is -0.390 e. The molecule has 38 heavy (non-hydrogen) atoms. The third-order valence-corrected chi connectivity index (χ3v) is 8.74. The van der Waals surface area contributed by atoms with Crippen LogP contribution in [0.1, 0.15) is 30.7 Å². The van der Waals surface area contributed by atoms with Gasteiger partial charge < -0.3 is 30.5 Å². The molecule has 3 aromatic rings. The fourth-order valence-electron chi connectivity index (χ4n) is 5.31. The number of nitrogens with zero attached hydrogens (tertiary/aromatic N) is 5. The number of aliphatic hydroxyl groups excluding tert-OH is 2. The van der Waals surface area contributed by atoms with Gasteiger partial charge in [-0.3, -0.25) is 9.78 Å². The van der Waals surface area contributed by atoms with E-state index in [1.54, 1.807) is 22.4 Å². The molecular weight excluding hydrogens is 506 g/mol. The highest BCUT2D eigenvalue weighted by Crippen LogP contribution is 2.39. The number of aryl methyl sites for hydroxylation is 2. The van der Waals surface area contributed by atoms with Crippen LogP contribution in [-0.4, -0.2) is 92.1 Å². The molecule has 1 saturated heterocycles. The molecule has 12 heteroatoms. The second-order valence-electron chi connectivity index (χ2n) is 10.6. The first-order chi connectivity index (χ1) is 18.4. The Morgan fingerprint density at radius 3 is 2.76 bits per heavy atom. The summed E-state index contributed by atoms with van der Waals surface area (Å²) in [6.07, 6.45) is 2.73. The molecule has 6 rings (SSSR count). The van der Waals surface area contributed by atoms with Crippen molar-refractivity contribution in [2.24, 2.45) is 11.8 Å². The van der Waals surface area contributed by atoms with Crippen LogP contribution in [0.5, 0.6) is 0 Å². The minimum absolute atomic E-state index is 0.0599. The van der Waals surface area contributed by atoms with Gasteiger partial charge in [0.05, 0.1) is 40.4 Å². The maximum Gasteiger partial charge on any atom is 0.248 e. The van der Waals surface area contributed by atoms with Crippen molar-refractivity contribution in [3.8, 4) is 10.6 Å². The number of nitrogens with one attached hydrogen (secondary N) is 2. The van der Waals surface area contributed by atoms with Gasteiger partial charge in [0.25, 0.3) is 0 Å². The van der Waals surface area contributed by atoms with Crippen molar-refractivity contribution in [1.29, 1.82) is 0 Å². The van der Waals surface area contributed by atoms with E-state index in [0.29, 0.717) is 43.8 Å². The quantitative estimate of drug-likeness (QED) is 0.335. The van der Waals surface area contributed by atoms with Crippen LogP contribution >= 0.6 is 11.3 Å². The standard InChI is InChI=1S/C26H33N7O4S/c1-13-20(25-31-21-14(2)27-6-5-18(21)38-25)24(32-26(29-13)28-10-15-3-4-15)30-17-9-16(22(35)23(17)36)11-33-7-8-37-12-19(33)34/h5-6,15-17,22-23,35-36H,3-4,7-12H2,1-2H3,(H2,28,29,30,32). The van der Waals surface area contributed by atoms with Crippen LogP contribution in [0.25, 0.3) is 20.8 Å². The second-order valence-corrected chi connectivity index (χ2v) is 11.6. The Morgan fingerprint density at radius 1 is 1.16 bits per heavy atom. The highest BCUT2D eigenvalue weighted by molar-refractivity contribution is 7.21. The average Bonchev–Trinajstić information content (AvgIpc) is 3.57. The second kappa shape index (κ2) is 10.3. The Morgan fingerprint density at radius 2 is 2.00 bits per heavy atom. The molecule has 4 unspecified atom stereocenters. The number of thiazole rings is 1. The summed E-state index contributed by atoms with van der Waals surface area (Å²) in [7, 11) is 0. The van der Waals surface area contributed by atoms with E-state index >= 15 is 0 Å². The van der Waals surface area contributed by atoms with Crippen LogP contribution in [-0.2, 0) is 9.53 Å². The summed E-state index contributed by atoms with van der Waals surface area (Å²) in [4.78, 5) is 32.8. The molecule has 202 valence electrons. The Kier molecular flexibility index (Phi) is 6.89. The normalized spacial score (nSPS) is 25.8. The van der Waals surface area contributed by atoms with Gasteiger partial charge in [-0.25, -0.2) is 9.97 Å². The van der Waals surface area contributed by atoms with Crippen LogP contribution in [0.3, 0.4) is 0 Å². The van der Waals surface area contributed by atoms with Crippen molar-refractivity contribution in [1.82, 2.24) is 24.8 Å². The predicted molar refractivity (Wildman–Crippen MR) is 144 cm³/mol. The van der Waals surface area contributed by atoms with E-state index in [-0.39, 0.29) is 18.4 Å². The van der Waals surface area contributed by atoms with Crippen molar-refractivity contribution in [2.45, 2.75) is 51.4 Å². The number of morpholine rings is 1. The van der Waals surface area contributed by atoms with E-state index in [1.165, 1.54) is 12.8 Å². The number of aromatic nitrogens is 4. The highest BCUT2D eigenvalue weighted by atomic mass is 32.1. The first kappa shape index (κ1) is 25.4. The molecule has 11 nitrogen and oxygen atoms in total. The van der Waals surface area contributed by atoms with Crippen LogP contribution in [0.4, 0.5) is 11.8 Å². The van der Waals surface area contributed by atoms with Gasteiger partial charge in [-0.05, 0) is 45.1 Å². The van der Waals surface area contributed by atoms with Gasteiger partial charge in [0.1, 0.15) is 29.1 Å². The molecule has 4 N–H and O–H groups in total. The number of rotatable bonds is 8. The van der Waals surface area contributed by atoms with Gasteiger partial charge in [0.2, 0.25) is 11.9 Å². The first-order valence-corrected chi connectivity index (χ1v) is 14.0. The Balaban J connectivity index is 1.30. The van der Waals surface area contributed by atoms with Crippen molar-refractivity contribution in [3.63, 3.8) is 0 Å². The lowest BCUT2D eigenvalue weighted by Crippen LogP contribution is -2.45. The molecule has 4 heterocycles. The Bertz CT molecular complexity index is 1350. The number of carbonyl (C=O) groups excluding carboxylic acids is 1. The summed E-state index contributed by atoms with van der Waals surface area (Å²) in [5.41, 5.74) is 3.25. The number of carbonyl (C=O) groups is 1. The highest BCUT2D eigenvalue weighted by Gasteiger charge is 2.43. The van der Waals surface area contributed by atoms with Gasteiger partial charge >= 0.3 is 0 Å². The van der Waals surface area contributed by atoms with Gasteiger partial charge in [0, 0.05) is 31.7 Å². The number of hydrogen-bond acceptors (Lipinski definition) is 11. The van der Waals surface area contributed by atoms with Gasteiger partial charge in [-0.1, -0.05) is 0 Å².